The molecule has 4 rings (SSSR count). The number of carbonyl (C=O) groups excluding carboxylic acids is 2. The second kappa shape index (κ2) is 12.0. The first-order valence-electron chi connectivity index (χ1n) is 10.7. The molecular formula is C24H16Br3I2O7S-. The summed E-state index contributed by atoms with van der Waals surface area (Å²) >= 11 is 13.7. The van der Waals surface area contributed by atoms with E-state index in [-0.39, 0.29) is 29.6 Å². The van der Waals surface area contributed by atoms with E-state index in [0.717, 1.165) is 4.47 Å². The van der Waals surface area contributed by atoms with Crippen LogP contribution in [-0.2, 0) is 19.6 Å². The lowest BCUT2D eigenvalue weighted by molar-refractivity contribution is -0.143. The highest BCUT2D eigenvalue weighted by Crippen LogP contribution is 2.42. The third-order valence-corrected chi connectivity index (χ3v) is 11.2. The van der Waals surface area contributed by atoms with Crippen LogP contribution in [0.25, 0.3) is 0 Å². The minimum atomic E-state index is -4.66. The Morgan fingerprint density at radius 1 is 0.919 bits per heavy atom. The fourth-order valence-electron chi connectivity index (χ4n) is 4.52. The Bertz CT molecular complexity index is 1400. The Morgan fingerprint density at radius 3 is 2.05 bits per heavy atom. The number of fused-ring (bicyclic) bond motifs is 1. The molecule has 7 nitrogen and oxygen atoms in total. The van der Waals surface area contributed by atoms with Crippen LogP contribution in [0.5, 0.6) is 5.75 Å². The molecule has 4 unspecified atom stereocenters. The molecule has 2 aliphatic carbocycles. The van der Waals surface area contributed by atoms with Gasteiger partial charge in [0, 0.05) is 32.4 Å². The van der Waals surface area contributed by atoms with Crippen LogP contribution in [0.1, 0.15) is 23.2 Å². The SMILES string of the molecule is O=C(OC1CCC(C(=O)Oc2cc(I)c(S(=O)(=O)[O-])c(I)c2)C2C=CC=CC12)c1c(Br)cc(Br)cc1Br. The van der Waals surface area contributed by atoms with E-state index in [9.17, 15) is 22.6 Å². The van der Waals surface area contributed by atoms with Crippen LogP contribution in [0, 0.1) is 24.9 Å². The average Bonchev–Trinajstić information content (AvgIpc) is 2.77. The van der Waals surface area contributed by atoms with Gasteiger partial charge in [-0.1, -0.05) is 40.2 Å². The topological polar surface area (TPSA) is 110 Å². The quantitative estimate of drug-likeness (QED) is 0.138. The summed E-state index contributed by atoms with van der Waals surface area (Å²) in [5.41, 5.74) is 0.379. The van der Waals surface area contributed by atoms with E-state index in [1.807, 2.05) is 24.3 Å². The number of hydrogen-bond acceptors (Lipinski definition) is 7. The zero-order valence-electron chi connectivity index (χ0n) is 18.5. The van der Waals surface area contributed by atoms with Crippen LogP contribution in [0.15, 0.2) is 66.9 Å². The summed E-state index contributed by atoms with van der Waals surface area (Å²) in [6.45, 7) is 0. The summed E-state index contributed by atoms with van der Waals surface area (Å²) in [6, 6.07) is 6.26. The summed E-state index contributed by atoms with van der Waals surface area (Å²) in [7, 11) is -4.66. The standard InChI is InChI=1S/C24H17Br3I2O7S/c25-11-7-16(26)21(17(27)8-11)24(31)36-20-6-5-15(13-3-1-2-4-14(13)20)23(30)35-12-9-18(28)22(19(29)10-12)37(32,33)34/h1-4,7-10,13-15,20H,5-6H2,(H,32,33,34)/p-1. The number of esters is 2. The molecule has 1 fully saturated rings. The lowest BCUT2D eigenvalue weighted by Gasteiger charge is -2.40. The number of ether oxygens (including phenoxy) is 2. The van der Waals surface area contributed by atoms with Crippen molar-refractivity contribution in [3.63, 3.8) is 0 Å². The molecule has 0 N–H and O–H groups in total. The van der Waals surface area contributed by atoms with Gasteiger partial charge in [0.1, 0.15) is 22.0 Å². The number of carbonyl (C=O) groups is 2. The fourth-order valence-corrected chi connectivity index (χ4v) is 11.0. The number of halogens is 5. The van der Waals surface area contributed by atoms with E-state index in [1.165, 1.54) is 12.1 Å². The third kappa shape index (κ3) is 6.70. The molecule has 0 aliphatic heterocycles. The Morgan fingerprint density at radius 2 is 1.49 bits per heavy atom. The number of allylic oxidation sites excluding steroid dienone is 3. The van der Waals surface area contributed by atoms with Gasteiger partial charge in [-0.2, -0.15) is 0 Å². The first-order valence-corrected chi connectivity index (χ1v) is 16.7. The average molecular weight is 942 g/mol. The molecule has 37 heavy (non-hydrogen) atoms. The van der Waals surface area contributed by atoms with E-state index >= 15 is 0 Å². The monoisotopic (exact) mass is 939 g/mol. The van der Waals surface area contributed by atoms with Crippen LogP contribution < -0.4 is 4.74 Å². The zero-order valence-corrected chi connectivity index (χ0v) is 28.4. The van der Waals surface area contributed by atoms with Gasteiger partial charge in [-0.15, -0.1) is 0 Å². The van der Waals surface area contributed by atoms with Crippen LogP contribution in [-0.4, -0.2) is 31.0 Å². The van der Waals surface area contributed by atoms with Gasteiger partial charge in [0.05, 0.1) is 16.4 Å². The first-order chi connectivity index (χ1) is 17.4. The molecule has 0 saturated heterocycles. The number of hydrogen-bond donors (Lipinski definition) is 0. The van der Waals surface area contributed by atoms with Crippen molar-refractivity contribution in [1.82, 2.24) is 0 Å². The molecule has 0 heterocycles. The number of benzene rings is 2. The van der Waals surface area contributed by atoms with E-state index < -0.39 is 34.1 Å². The Kier molecular flexibility index (Phi) is 9.65. The predicted octanol–water partition coefficient (Wildman–Crippen LogP) is 6.99. The van der Waals surface area contributed by atoms with Crippen molar-refractivity contribution in [2.24, 2.45) is 17.8 Å². The minimum absolute atomic E-state index is 0.163. The summed E-state index contributed by atoms with van der Waals surface area (Å²) < 4.78 is 48.5. The molecule has 2 aromatic rings. The lowest BCUT2D eigenvalue weighted by atomic mass is 9.69. The molecule has 196 valence electrons. The van der Waals surface area contributed by atoms with Gasteiger partial charge in [-0.05, 0) is 114 Å². The van der Waals surface area contributed by atoms with E-state index in [2.05, 4.69) is 47.8 Å². The van der Waals surface area contributed by atoms with Crippen molar-refractivity contribution >= 4 is 115 Å². The van der Waals surface area contributed by atoms with E-state index in [0.29, 0.717) is 27.4 Å². The van der Waals surface area contributed by atoms with E-state index in [4.69, 9.17) is 9.47 Å². The van der Waals surface area contributed by atoms with Crippen molar-refractivity contribution in [2.75, 3.05) is 0 Å². The molecule has 0 spiro atoms. The lowest BCUT2D eigenvalue weighted by Crippen LogP contribution is -2.43. The molecule has 0 radical (unpaired) electrons. The van der Waals surface area contributed by atoms with Crippen LogP contribution in [0.4, 0.5) is 0 Å². The highest BCUT2D eigenvalue weighted by atomic mass is 127. The maximum absolute atomic E-state index is 13.2. The normalized spacial score (nSPS) is 22.9. The summed E-state index contributed by atoms with van der Waals surface area (Å²) in [6.07, 6.45) is 8.03. The van der Waals surface area contributed by atoms with Gasteiger partial charge in [-0.25, -0.2) is 13.2 Å². The Labute approximate surface area is 266 Å². The summed E-state index contributed by atoms with van der Waals surface area (Å²) in [5.74, 6) is -1.75. The predicted molar refractivity (Wildman–Crippen MR) is 162 cm³/mol. The van der Waals surface area contributed by atoms with Crippen molar-refractivity contribution < 1.29 is 32.0 Å². The number of rotatable bonds is 5. The zero-order chi connectivity index (χ0) is 27.1. The van der Waals surface area contributed by atoms with E-state index in [1.54, 1.807) is 57.3 Å². The van der Waals surface area contributed by atoms with Gasteiger partial charge in [0.25, 0.3) is 0 Å². The van der Waals surface area contributed by atoms with Gasteiger partial charge in [0.2, 0.25) is 0 Å². The van der Waals surface area contributed by atoms with Gasteiger partial charge in [0.15, 0.2) is 0 Å². The Hall–Kier alpha value is -0.330. The molecule has 0 aromatic heterocycles. The molecule has 2 aliphatic rings. The van der Waals surface area contributed by atoms with Crippen molar-refractivity contribution in [2.45, 2.75) is 23.8 Å². The van der Waals surface area contributed by atoms with Gasteiger partial charge >= 0.3 is 11.9 Å². The highest BCUT2D eigenvalue weighted by molar-refractivity contribution is 14.1. The summed E-state index contributed by atoms with van der Waals surface area (Å²) in [5, 5.41) is 0. The fraction of sp³-hybridized carbons (Fsp3) is 0.250. The van der Waals surface area contributed by atoms with Gasteiger partial charge in [-0.3, -0.25) is 4.79 Å². The molecule has 2 aromatic carbocycles. The van der Waals surface area contributed by atoms with Crippen LogP contribution in [0.2, 0.25) is 0 Å². The first kappa shape index (κ1) is 29.6. The van der Waals surface area contributed by atoms with Gasteiger partial charge < -0.3 is 14.0 Å². The molecular weight excluding hydrogens is 926 g/mol. The molecule has 1 saturated carbocycles. The molecule has 13 heteroatoms. The molecule has 4 atom stereocenters. The Balaban J connectivity index is 1.51. The third-order valence-electron chi connectivity index (χ3n) is 6.09. The molecule has 0 amide bonds. The second-order valence-corrected chi connectivity index (χ2v) is 14.7. The smallest absolute Gasteiger partial charge is 0.340 e. The minimum Gasteiger partial charge on any atom is -0.744 e. The maximum Gasteiger partial charge on any atom is 0.340 e. The second-order valence-electron chi connectivity index (χ2n) is 8.39. The van der Waals surface area contributed by atoms with Crippen molar-refractivity contribution in [1.29, 1.82) is 0 Å². The van der Waals surface area contributed by atoms with Crippen molar-refractivity contribution in [3.05, 3.63) is 74.7 Å². The largest absolute Gasteiger partial charge is 0.744 e. The highest BCUT2D eigenvalue weighted by Gasteiger charge is 2.43. The summed E-state index contributed by atoms with van der Waals surface area (Å²) in [4.78, 5) is 25.9. The maximum atomic E-state index is 13.2. The molecule has 0 bridgehead atoms. The van der Waals surface area contributed by atoms with Crippen molar-refractivity contribution in [3.8, 4) is 5.75 Å². The van der Waals surface area contributed by atoms with Crippen LogP contribution >= 0.6 is 93.0 Å². The van der Waals surface area contributed by atoms with Crippen LogP contribution in [0.3, 0.4) is 0 Å².